The molecule has 0 saturated heterocycles. The zero-order valence-corrected chi connectivity index (χ0v) is 16.0. The number of rotatable bonds is 4. The van der Waals surface area contributed by atoms with E-state index in [0.717, 1.165) is 15.4 Å². The van der Waals surface area contributed by atoms with Crippen molar-refractivity contribution >= 4 is 55.8 Å². The van der Waals surface area contributed by atoms with Crippen LogP contribution in [0.15, 0.2) is 63.9 Å². The number of carboxylic acid groups (broad SMARTS) is 1. The third-order valence-electron chi connectivity index (χ3n) is 3.96. The van der Waals surface area contributed by atoms with Crippen LogP contribution < -0.4 is 5.32 Å². The van der Waals surface area contributed by atoms with Crippen molar-refractivity contribution in [1.29, 1.82) is 0 Å². The number of hydrogen-bond donors (Lipinski definition) is 2. The van der Waals surface area contributed by atoms with Crippen LogP contribution in [-0.2, 0) is 0 Å². The number of fused-ring (bicyclic) bond motifs is 1. The summed E-state index contributed by atoms with van der Waals surface area (Å²) >= 11 is 9.43. The average molecular weight is 445 g/mol. The number of aromatic nitrogens is 2. The summed E-state index contributed by atoms with van der Waals surface area (Å²) < 4.78 is 6.29. The molecule has 0 amide bonds. The third-order valence-corrected chi connectivity index (χ3v) is 4.69. The second kappa shape index (κ2) is 7.02. The molecule has 2 aromatic heterocycles. The molecule has 8 heteroatoms. The molecule has 6 nitrogen and oxygen atoms in total. The van der Waals surface area contributed by atoms with Crippen molar-refractivity contribution in [2.75, 3.05) is 5.32 Å². The van der Waals surface area contributed by atoms with Crippen molar-refractivity contribution < 1.29 is 14.3 Å². The van der Waals surface area contributed by atoms with Gasteiger partial charge in [0.1, 0.15) is 6.26 Å². The summed E-state index contributed by atoms with van der Waals surface area (Å²) in [4.78, 5) is 20.3. The summed E-state index contributed by atoms with van der Waals surface area (Å²) in [5.41, 5.74) is 2.43. The number of anilines is 2. The van der Waals surface area contributed by atoms with E-state index in [4.69, 9.17) is 16.0 Å². The Balaban J connectivity index is 1.96. The molecule has 0 radical (unpaired) electrons. The Bertz CT molecular complexity index is 1160. The first kappa shape index (κ1) is 17.5. The molecule has 0 unspecified atom stereocenters. The van der Waals surface area contributed by atoms with Gasteiger partial charge in [-0.05, 0) is 36.4 Å². The van der Waals surface area contributed by atoms with Crippen LogP contribution in [0.25, 0.3) is 22.4 Å². The Morgan fingerprint density at radius 3 is 2.78 bits per heavy atom. The van der Waals surface area contributed by atoms with Crippen molar-refractivity contribution in [3.8, 4) is 11.5 Å². The molecule has 27 heavy (non-hydrogen) atoms. The van der Waals surface area contributed by atoms with Gasteiger partial charge in [0.2, 0.25) is 5.89 Å². The van der Waals surface area contributed by atoms with E-state index in [9.17, 15) is 9.90 Å². The predicted octanol–water partition coefficient (Wildman–Crippen LogP) is 5.75. The topological polar surface area (TPSA) is 88.2 Å². The number of hydrogen-bond acceptors (Lipinski definition) is 5. The molecule has 2 N–H and O–H groups in total. The van der Waals surface area contributed by atoms with Gasteiger partial charge in [0, 0.05) is 21.1 Å². The lowest BCUT2D eigenvalue weighted by Gasteiger charge is -2.15. The molecule has 134 valence electrons. The van der Waals surface area contributed by atoms with Gasteiger partial charge in [-0.25, -0.2) is 9.78 Å². The minimum atomic E-state index is -1.09. The van der Waals surface area contributed by atoms with Crippen LogP contribution in [0.3, 0.4) is 0 Å². The van der Waals surface area contributed by atoms with Crippen LogP contribution >= 0.6 is 27.5 Å². The van der Waals surface area contributed by atoms with Crippen molar-refractivity contribution in [1.82, 2.24) is 9.97 Å². The van der Waals surface area contributed by atoms with Crippen LogP contribution in [-0.4, -0.2) is 21.0 Å². The number of nitrogens with one attached hydrogen (secondary N) is 1. The molecule has 2 heterocycles. The molecule has 0 aliphatic carbocycles. The second-order valence-electron chi connectivity index (χ2n) is 5.67. The zero-order chi connectivity index (χ0) is 19.0. The smallest absolute Gasteiger partial charge is 0.337 e. The van der Waals surface area contributed by atoms with E-state index in [0.29, 0.717) is 27.9 Å². The lowest BCUT2D eigenvalue weighted by atomic mass is 10.1. The van der Waals surface area contributed by atoms with E-state index in [1.165, 1.54) is 18.5 Å². The van der Waals surface area contributed by atoms with Gasteiger partial charge in [-0.15, -0.1) is 0 Å². The predicted molar refractivity (Wildman–Crippen MR) is 107 cm³/mol. The maximum atomic E-state index is 11.6. The van der Waals surface area contributed by atoms with Gasteiger partial charge < -0.3 is 14.8 Å². The lowest BCUT2D eigenvalue weighted by molar-refractivity contribution is 0.0698. The normalized spacial score (nSPS) is 10.9. The van der Waals surface area contributed by atoms with Crippen molar-refractivity contribution in [3.63, 3.8) is 0 Å². The van der Waals surface area contributed by atoms with Gasteiger partial charge >= 0.3 is 5.97 Å². The van der Waals surface area contributed by atoms with Crippen molar-refractivity contribution in [2.45, 2.75) is 0 Å². The number of oxazole rings is 1. The lowest BCUT2D eigenvalue weighted by Crippen LogP contribution is -2.04. The summed E-state index contributed by atoms with van der Waals surface area (Å²) in [5, 5.41) is 13.9. The van der Waals surface area contributed by atoms with Gasteiger partial charge in [-0.1, -0.05) is 27.5 Å². The largest absolute Gasteiger partial charge is 0.478 e. The summed E-state index contributed by atoms with van der Waals surface area (Å²) in [6.07, 6.45) is 4.64. The molecule has 0 atom stereocenters. The van der Waals surface area contributed by atoms with E-state index in [2.05, 4.69) is 31.2 Å². The maximum absolute atomic E-state index is 11.6. The monoisotopic (exact) mass is 443 g/mol. The Kier molecular flexibility index (Phi) is 4.55. The summed E-state index contributed by atoms with van der Waals surface area (Å²) in [6, 6.07) is 10.3. The maximum Gasteiger partial charge on any atom is 0.337 e. The average Bonchev–Trinajstić information content (AvgIpc) is 3.17. The van der Waals surface area contributed by atoms with Crippen LogP contribution in [0.4, 0.5) is 11.4 Å². The van der Waals surface area contributed by atoms with E-state index in [-0.39, 0.29) is 5.56 Å². The first-order valence-electron chi connectivity index (χ1n) is 7.81. The molecule has 4 rings (SSSR count). The van der Waals surface area contributed by atoms with Gasteiger partial charge in [0.05, 0.1) is 34.2 Å². The fourth-order valence-corrected chi connectivity index (χ4v) is 3.29. The number of carbonyl (C=O) groups is 1. The highest BCUT2D eigenvalue weighted by molar-refractivity contribution is 9.10. The van der Waals surface area contributed by atoms with E-state index < -0.39 is 5.97 Å². The highest BCUT2D eigenvalue weighted by Crippen LogP contribution is 2.37. The fraction of sp³-hybridized carbons (Fsp3) is 0. The van der Waals surface area contributed by atoms with Crippen LogP contribution in [0.2, 0.25) is 5.02 Å². The van der Waals surface area contributed by atoms with Crippen molar-refractivity contribution in [3.05, 3.63) is 70.1 Å². The summed E-state index contributed by atoms with van der Waals surface area (Å²) in [6.45, 7) is 0. The van der Waals surface area contributed by atoms with Crippen molar-refractivity contribution in [2.24, 2.45) is 0 Å². The molecule has 0 spiro atoms. The minimum absolute atomic E-state index is 0.0563. The Labute approximate surface area is 167 Å². The Hall–Kier alpha value is -2.90. The number of carboxylic acids is 1. The third kappa shape index (κ3) is 3.39. The summed E-state index contributed by atoms with van der Waals surface area (Å²) in [5.74, 6) is -0.713. The molecule has 0 saturated carbocycles. The highest BCUT2D eigenvalue weighted by atomic mass is 79.9. The molecule has 2 aromatic carbocycles. The molecule has 0 fully saturated rings. The van der Waals surface area contributed by atoms with E-state index in [1.807, 2.05) is 18.2 Å². The minimum Gasteiger partial charge on any atom is -0.478 e. The van der Waals surface area contributed by atoms with Gasteiger partial charge in [0.25, 0.3) is 0 Å². The molecule has 4 aromatic rings. The SMILES string of the molecule is O=C(O)c1cc(Cl)ccc1Nc1c(-c2ncco2)cnc2ccc(Br)cc12. The summed E-state index contributed by atoms with van der Waals surface area (Å²) in [7, 11) is 0. The van der Waals surface area contributed by atoms with Gasteiger partial charge in [0.15, 0.2) is 0 Å². The molecular formula is C19H11BrClN3O3. The number of halogens is 2. The molecule has 0 aliphatic heterocycles. The molecular weight excluding hydrogens is 434 g/mol. The quantitative estimate of drug-likeness (QED) is 0.417. The van der Waals surface area contributed by atoms with Gasteiger partial charge in [-0.2, -0.15) is 0 Å². The highest BCUT2D eigenvalue weighted by Gasteiger charge is 2.18. The first-order chi connectivity index (χ1) is 13.0. The van der Waals surface area contributed by atoms with E-state index in [1.54, 1.807) is 18.3 Å². The second-order valence-corrected chi connectivity index (χ2v) is 7.02. The number of benzene rings is 2. The zero-order valence-electron chi connectivity index (χ0n) is 13.6. The van der Waals surface area contributed by atoms with Crippen LogP contribution in [0.5, 0.6) is 0 Å². The van der Waals surface area contributed by atoms with Gasteiger partial charge in [-0.3, -0.25) is 4.98 Å². The van der Waals surface area contributed by atoms with Crippen LogP contribution in [0.1, 0.15) is 10.4 Å². The standard InChI is InChI=1S/C19H11BrClN3O3/c20-10-1-3-15-12(7-10)17(14(9-23-15)18-22-5-6-27-18)24-16-4-2-11(21)8-13(16)19(25)26/h1-9H,(H,23,24)(H,25,26). The van der Waals surface area contributed by atoms with E-state index >= 15 is 0 Å². The first-order valence-corrected chi connectivity index (χ1v) is 8.98. The number of nitrogens with zero attached hydrogens (tertiary/aromatic N) is 2. The Morgan fingerprint density at radius 2 is 2.04 bits per heavy atom. The number of pyridine rings is 1. The molecule has 0 aliphatic rings. The fourth-order valence-electron chi connectivity index (χ4n) is 2.76. The number of aromatic carboxylic acids is 1. The van der Waals surface area contributed by atoms with Crippen LogP contribution in [0, 0.1) is 0 Å². The Morgan fingerprint density at radius 1 is 1.19 bits per heavy atom. The molecule has 0 bridgehead atoms.